The van der Waals surface area contributed by atoms with Crippen molar-refractivity contribution in [3.8, 4) is 11.8 Å². The Balaban J connectivity index is 2.63. The molecule has 5 nitrogen and oxygen atoms in total. The largest absolute Gasteiger partial charge is 0.384 e. The number of anilines is 1. The highest BCUT2D eigenvalue weighted by molar-refractivity contribution is 5.92. The van der Waals surface area contributed by atoms with Crippen LogP contribution in [0.3, 0.4) is 0 Å². The van der Waals surface area contributed by atoms with Gasteiger partial charge in [0.25, 0.3) is 0 Å². The summed E-state index contributed by atoms with van der Waals surface area (Å²) in [5.41, 5.74) is 2.56. The van der Waals surface area contributed by atoms with E-state index in [0.29, 0.717) is 13.2 Å². The standard InChI is InChI=1S/C16H21NO4/c1-3-14-11-13(5-4-8-18)6-7-15(14)17-16(19)12-21-10-9-20-2/h6-7,11,18H,3,8-10,12H2,1-2H3,(H,17,19). The molecule has 0 fully saturated rings. The Hall–Kier alpha value is -1.87. The van der Waals surface area contributed by atoms with Gasteiger partial charge in [-0.3, -0.25) is 4.79 Å². The molecule has 0 spiro atoms. The maximum atomic E-state index is 11.8. The lowest BCUT2D eigenvalue weighted by Crippen LogP contribution is -2.20. The number of aliphatic hydroxyl groups excluding tert-OH is 1. The molecule has 0 heterocycles. The minimum atomic E-state index is -0.199. The molecule has 0 aromatic heterocycles. The van der Waals surface area contributed by atoms with Crippen LogP contribution in [0.15, 0.2) is 18.2 Å². The fourth-order valence-corrected chi connectivity index (χ4v) is 1.72. The highest BCUT2D eigenvalue weighted by Crippen LogP contribution is 2.18. The highest BCUT2D eigenvalue weighted by Gasteiger charge is 2.06. The van der Waals surface area contributed by atoms with Gasteiger partial charge in [-0.2, -0.15) is 0 Å². The Morgan fingerprint density at radius 3 is 2.86 bits per heavy atom. The summed E-state index contributed by atoms with van der Waals surface area (Å²) >= 11 is 0. The number of ether oxygens (including phenoxy) is 2. The number of benzene rings is 1. The maximum absolute atomic E-state index is 11.8. The van der Waals surface area contributed by atoms with Crippen LogP contribution in [0.25, 0.3) is 0 Å². The van der Waals surface area contributed by atoms with E-state index in [-0.39, 0.29) is 19.1 Å². The SMILES string of the molecule is CCc1cc(C#CCO)ccc1NC(=O)COCCOC. The molecular weight excluding hydrogens is 270 g/mol. The van der Waals surface area contributed by atoms with Crippen molar-refractivity contribution in [3.05, 3.63) is 29.3 Å². The second kappa shape index (κ2) is 9.94. The van der Waals surface area contributed by atoms with E-state index in [1.165, 1.54) is 0 Å². The molecule has 1 aromatic carbocycles. The molecule has 0 unspecified atom stereocenters. The van der Waals surface area contributed by atoms with Crippen molar-refractivity contribution in [2.45, 2.75) is 13.3 Å². The Labute approximate surface area is 125 Å². The zero-order valence-corrected chi connectivity index (χ0v) is 12.4. The predicted molar refractivity (Wildman–Crippen MR) is 81.1 cm³/mol. The third-order valence-corrected chi connectivity index (χ3v) is 2.74. The summed E-state index contributed by atoms with van der Waals surface area (Å²) in [5.74, 6) is 5.25. The zero-order chi connectivity index (χ0) is 15.5. The monoisotopic (exact) mass is 291 g/mol. The first-order valence-electron chi connectivity index (χ1n) is 6.80. The maximum Gasteiger partial charge on any atom is 0.250 e. The van der Waals surface area contributed by atoms with Gasteiger partial charge in [0.2, 0.25) is 5.91 Å². The average molecular weight is 291 g/mol. The number of aryl methyl sites for hydroxylation is 1. The first-order valence-corrected chi connectivity index (χ1v) is 6.80. The fraction of sp³-hybridized carbons (Fsp3) is 0.438. The summed E-state index contributed by atoms with van der Waals surface area (Å²) in [6.07, 6.45) is 0.773. The molecule has 0 atom stereocenters. The topological polar surface area (TPSA) is 67.8 Å². The first kappa shape index (κ1) is 17.2. The van der Waals surface area contributed by atoms with Crippen LogP contribution in [0.1, 0.15) is 18.1 Å². The second-order valence-corrected chi connectivity index (χ2v) is 4.28. The van der Waals surface area contributed by atoms with E-state index < -0.39 is 0 Å². The zero-order valence-electron chi connectivity index (χ0n) is 12.4. The van der Waals surface area contributed by atoms with Gasteiger partial charge in [-0.25, -0.2) is 0 Å². The number of methoxy groups -OCH3 is 1. The van der Waals surface area contributed by atoms with E-state index in [1.807, 2.05) is 25.1 Å². The number of hydrogen-bond donors (Lipinski definition) is 2. The van der Waals surface area contributed by atoms with E-state index in [0.717, 1.165) is 23.2 Å². The number of aliphatic hydroxyl groups is 1. The van der Waals surface area contributed by atoms with Crippen molar-refractivity contribution in [3.63, 3.8) is 0 Å². The van der Waals surface area contributed by atoms with Crippen molar-refractivity contribution in [2.75, 3.05) is 38.9 Å². The number of carbonyl (C=O) groups is 1. The molecule has 0 aliphatic rings. The molecule has 0 bridgehead atoms. The molecule has 2 N–H and O–H groups in total. The number of rotatable bonds is 7. The minimum Gasteiger partial charge on any atom is -0.384 e. The third-order valence-electron chi connectivity index (χ3n) is 2.74. The molecule has 1 amide bonds. The molecule has 1 rings (SSSR count). The van der Waals surface area contributed by atoms with Gasteiger partial charge >= 0.3 is 0 Å². The lowest BCUT2D eigenvalue weighted by Gasteiger charge is -2.10. The summed E-state index contributed by atoms with van der Waals surface area (Å²) in [7, 11) is 1.58. The summed E-state index contributed by atoms with van der Waals surface area (Å²) in [6.45, 7) is 2.69. The normalized spacial score (nSPS) is 9.86. The molecule has 21 heavy (non-hydrogen) atoms. The van der Waals surface area contributed by atoms with Crippen LogP contribution in [0.4, 0.5) is 5.69 Å². The summed E-state index contributed by atoms with van der Waals surface area (Å²) < 4.78 is 10.0. The van der Waals surface area contributed by atoms with Gasteiger partial charge in [0, 0.05) is 18.4 Å². The quantitative estimate of drug-likeness (QED) is 0.585. The lowest BCUT2D eigenvalue weighted by molar-refractivity contribution is -0.121. The number of hydrogen-bond acceptors (Lipinski definition) is 4. The Morgan fingerprint density at radius 2 is 2.19 bits per heavy atom. The number of carbonyl (C=O) groups excluding carboxylic acids is 1. The Kier molecular flexibility index (Phi) is 8.14. The van der Waals surface area contributed by atoms with Gasteiger partial charge in [-0.05, 0) is 30.2 Å². The van der Waals surface area contributed by atoms with Crippen LogP contribution < -0.4 is 5.32 Å². The van der Waals surface area contributed by atoms with E-state index in [9.17, 15) is 4.79 Å². The molecule has 0 saturated heterocycles. The molecule has 5 heteroatoms. The summed E-state index contributed by atoms with van der Waals surface area (Å²) in [6, 6.07) is 5.53. The average Bonchev–Trinajstić information content (AvgIpc) is 2.50. The van der Waals surface area contributed by atoms with Gasteiger partial charge < -0.3 is 19.9 Å². The van der Waals surface area contributed by atoms with Crippen molar-refractivity contribution in [2.24, 2.45) is 0 Å². The second-order valence-electron chi connectivity index (χ2n) is 4.28. The van der Waals surface area contributed by atoms with Crippen LogP contribution >= 0.6 is 0 Å². The number of nitrogens with one attached hydrogen (secondary N) is 1. The Bertz CT molecular complexity index is 517. The summed E-state index contributed by atoms with van der Waals surface area (Å²) in [5, 5.41) is 11.5. The molecule has 0 aliphatic heterocycles. The van der Waals surface area contributed by atoms with Gasteiger partial charge in [-0.1, -0.05) is 18.8 Å². The van der Waals surface area contributed by atoms with Crippen LogP contribution in [0.2, 0.25) is 0 Å². The van der Waals surface area contributed by atoms with E-state index in [2.05, 4.69) is 17.2 Å². The van der Waals surface area contributed by atoms with Gasteiger partial charge in [0.15, 0.2) is 0 Å². The van der Waals surface area contributed by atoms with E-state index >= 15 is 0 Å². The lowest BCUT2D eigenvalue weighted by atomic mass is 10.1. The van der Waals surface area contributed by atoms with Crippen LogP contribution in [-0.2, 0) is 20.7 Å². The smallest absolute Gasteiger partial charge is 0.250 e. The molecular formula is C16H21NO4. The molecule has 0 radical (unpaired) electrons. The van der Waals surface area contributed by atoms with Gasteiger partial charge in [-0.15, -0.1) is 0 Å². The van der Waals surface area contributed by atoms with Crippen molar-refractivity contribution in [1.82, 2.24) is 0 Å². The molecule has 1 aromatic rings. The highest BCUT2D eigenvalue weighted by atomic mass is 16.5. The van der Waals surface area contributed by atoms with Crippen molar-refractivity contribution in [1.29, 1.82) is 0 Å². The van der Waals surface area contributed by atoms with E-state index in [4.69, 9.17) is 14.6 Å². The predicted octanol–water partition coefficient (Wildman–Crippen LogP) is 1.19. The van der Waals surface area contributed by atoms with Crippen molar-refractivity contribution >= 4 is 11.6 Å². The van der Waals surface area contributed by atoms with Gasteiger partial charge in [0.05, 0.1) is 13.2 Å². The Morgan fingerprint density at radius 1 is 1.38 bits per heavy atom. The molecule has 114 valence electrons. The van der Waals surface area contributed by atoms with Crippen LogP contribution in [0, 0.1) is 11.8 Å². The van der Waals surface area contributed by atoms with Crippen LogP contribution in [0.5, 0.6) is 0 Å². The molecule has 0 saturated carbocycles. The van der Waals surface area contributed by atoms with Crippen molar-refractivity contribution < 1.29 is 19.4 Å². The number of amides is 1. The van der Waals surface area contributed by atoms with E-state index in [1.54, 1.807) is 7.11 Å². The summed E-state index contributed by atoms with van der Waals surface area (Å²) in [4.78, 5) is 11.8. The van der Waals surface area contributed by atoms with Gasteiger partial charge in [0.1, 0.15) is 13.2 Å². The minimum absolute atomic E-state index is 0.00141. The first-order chi connectivity index (χ1) is 10.2. The van der Waals surface area contributed by atoms with Crippen LogP contribution in [-0.4, -0.2) is 44.6 Å². The fourth-order valence-electron chi connectivity index (χ4n) is 1.72. The third kappa shape index (κ3) is 6.41. The molecule has 0 aliphatic carbocycles.